The van der Waals surface area contributed by atoms with Crippen LogP contribution in [0.3, 0.4) is 0 Å². The number of hydrogen-bond donors (Lipinski definition) is 0. The molecule has 0 unspecified atom stereocenters. The van der Waals surface area contributed by atoms with Crippen molar-refractivity contribution in [2.75, 3.05) is 0 Å². The Morgan fingerprint density at radius 2 is 0.818 bits per heavy atom. The van der Waals surface area contributed by atoms with E-state index in [1.807, 2.05) is 0 Å². The van der Waals surface area contributed by atoms with Gasteiger partial charge in [0.2, 0.25) is 0 Å². The molecule has 11 heavy (non-hydrogen) atoms. The summed E-state index contributed by atoms with van der Waals surface area (Å²) in [6, 6.07) is 0. The van der Waals surface area contributed by atoms with Crippen LogP contribution < -0.4 is 20.4 Å². The largest absolute Gasteiger partial charge is 2.00 e. The zero-order valence-corrected chi connectivity index (χ0v) is 6.63. The Morgan fingerprint density at radius 1 is 0.818 bits per heavy atom. The third-order valence-electron chi connectivity index (χ3n) is 0. The average Bonchev–Trinajstić information content (AvgIpc) is 1.25. The number of carbonyl (C=O) groups is 2. The molecule has 0 saturated heterocycles. The summed E-state index contributed by atoms with van der Waals surface area (Å²) in [6.45, 7) is 0. The van der Waals surface area contributed by atoms with Gasteiger partial charge in [-0.15, -0.1) is 0 Å². The summed E-state index contributed by atoms with van der Waals surface area (Å²) in [6.07, 6.45) is -4.67. The first-order valence-corrected chi connectivity index (χ1v) is 1.22. The van der Waals surface area contributed by atoms with E-state index in [9.17, 15) is 0 Å². The summed E-state index contributed by atoms with van der Waals surface area (Å²) in [5.41, 5.74) is 0. The Balaban J connectivity index is -0.0000000171. The second kappa shape index (κ2) is 22.7. The predicted octanol–water partition coefficient (Wildman–Crippen LogP) is -5.72. The van der Waals surface area contributed by atoms with Gasteiger partial charge in [0.1, 0.15) is 0 Å². The first-order chi connectivity index (χ1) is 3.46. The Labute approximate surface area is 81.5 Å². The van der Waals surface area contributed by atoms with Crippen molar-refractivity contribution in [1.29, 1.82) is 0 Å². The van der Waals surface area contributed by atoms with E-state index >= 15 is 0 Å². The van der Waals surface area contributed by atoms with Crippen LogP contribution in [0.5, 0.6) is 0 Å². The van der Waals surface area contributed by atoms with Crippen molar-refractivity contribution in [2.24, 2.45) is 0 Å². The number of rotatable bonds is 0. The van der Waals surface area contributed by atoms with Gasteiger partial charge in [0.25, 0.3) is 0 Å². The molecule has 0 aliphatic carbocycles. The van der Waals surface area contributed by atoms with Gasteiger partial charge in [-0.1, -0.05) is 0 Å². The fourth-order valence-corrected chi connectivity index (χ4v) is 0. The molecule has 0 fully saturated rings. The molecule has 0 heterocycles. The summed E-state index contributed by atoms with van der Waals surface area (Å²) in [7, 11) is 0. The minimum atomic E-state index is -2.33. The molecular weight excluding hydrogens is 254 g/mol. The monoisotopic (exact) mass is 255 g/mol. The number of carbonyl (C=O) groups excluding carboxylic acids is 2. The van der Waals surface area contributed by atoms with Crippen LogP contribution in [0.1, 0.15) is 0 Å². The van der Waals surface area contributed by atoms with Crippen LogP contribution in [0, 0.1) is 0 Å². The van der Waals surface area contributed by atoms with Crippen LogP contribution in [0.15, 0.2) is 0 Å². The van der Waals surface area contributed by atoms with Gasteiger partial charge < -0.3 is 35.5 Å². The Bertz CT molecular complexity index is 74.4. The van der Waals surface area contributed by atoms with Gasteiger partial charge in [-0.3, -0.25) is 0 Å². The van der Waals surface area contributed by atoms with Crippen molar-refractivity contribution in [3.8, 4) is 0 Å². The molecule has 0 spiro atoms. The quantitative estimate of drug-likeness (QED) is 0.392. The van der Waals surface area contributed by atoms with Crippen molar-refractivity contribution in [1.82, 2.24) is 0 Å². The van der Waals surface area contributed by atoms with Gasteiger partial charge in [0.15, 0.2) is 0 Å². The molecule has 0 aliphatic rings. The third kappa shape index (κ3) is 2140. The van der Waals surface area contributed by atoms with Crippen molar-refractivity contribution in [2.45, 2.75) is 0 Å². The van der Waals surface area contributed by atoms with Gasteiger partial charge in [-0.2, -0.15) is 0 Å². The second-order valence-corrected chi connectivity index (χ2v) is 0.500. The van der Waals surface area contributed by atoms with Crippen LogP contribution in [0.4, 0.5) is 9.59 Å². The van der Waals surface area contributed by atoms with Gasteiger partial charge >= 0.3 is 33.3 Å². The van der Waals surface area contributed by atoms with Gasteiger partial charge in [-0.05, 0) is 12.3 Å². The molecule has 0 bridgehead atoms. The zero-order chi connectivity index (χ0) is 7.15. The van der Waals surface area contributed by atoms with Crippen LogP contribution in [0.25, 0.3) is 0 Å². The standard InChI is InChI=1S/2CH2O3.Co.Ni.H2O/c2*2-1(3)4;;;/h2*(H2,2,3,4);;;1H2/q;;2*+2;/p-4. The molecule has 0 saturated carbocycles. The van der Waals surface area contributed by atoms with E-state index in [0.29, 0.717) is 0 Å². The normalized spacial score (nSPS) is 4.36. The zero-order valence-electron chi connectivity index (χ0n) is 4.60. The Kier molecular flexibility index (Phi) is 64.6. The van der Waals surface area contributed by atoms with Crippen LogP contribution >= 0.6 is 0 Å². The molecule has 0 aromatic rings. The fraction of sp³-hybridized carbons (Fsp3) is 0. The molecule has 7 nitrogen and oxygen atoms in total. The minimum absolute atomic E-state index is 0. The Hall–Kier alpha value is -0.500. The van der Waals surface area contributed by atoms with Gasteiger partial charge in [0.05, 0.1) is 0 Å². The minimum Gasteiger partial charge on any atom is -0.652 e. The molecule has 71 valence electrons. The maximum absolute atomic E-state index is 8.33. The van der Waals surface area contributed by atoms with E-state index in [1.54, 1.807) is 0 Å². The average molecular weight is 256 g/mol. The molecule has 2 N–H and O–H groups in total. The summed E-state index contributed by atoms with van der Waals surface area (Å²) in [4.78, 5) is 16.7. The van der Waals surface area contributed by atoms with Crippen molar-refractivity contribution in [3.05, 3.63) is 0 Å². The Morgan fingerprint density at radius 3 is 0.818 bits per heavy atom. The van der Waals surface area contributed by atoms with Gasteiger partial charge in [-0.25, -0.2) is 0 Å². The molecule has 0 rings (SSSR count). The van der Waals surface area contributed by atoms with Crippen molar-refractivity contribution < 1.29 is 68.8 Å². The van der Waals surface area contributed by atoms with E-state index in [4.69, 9.17) is 30.0 Å². The molecule has 0 aromatic heterocycles. The maximum Gasteiger partial charge on any atom is 2.00 e. The summed E-state index contributed by atoms with van der Waals surface area (Å²) in [5, 5.41) is 33.3. The molecule has 0 aromatic carbocycles. The molecule has 0 aliphatic heterocycles. The maximum atomic E-state index is 8.33. The smallest absolute Gasteiger partial charge is 0.652 e. The molecule has 0 atom stereocenters. The van der Waals surface area contributed by atoms with E-state index in [2.05, 4.69) is 0 Å². The number of carboxylic acid groups (broad SMARTS) is 4. The third-order valence-corrected chi connectivity index (χ3v) is 0. The van der Waals surface area contributed by atoms with Gasteiger partial charge in [0, 0.05) is 0 Å². The van der Waals surface area contributed by atoms with Crippen LogP contribution in [-0.2, 0) is 33.3 Å². The molecular formula is C2H2CoNiO7. The molecule has 9 heteroatoms. The molecule has 1 radical (unpaired) electrons. The van der Waals surface area contributed by atoms with Crippen LogP contribution in [0.2, 0.25) is 0 Å². The van der Waals surface area contributed by atoms with E-state index in [1.165, 1.54) is 0 Å². The molecule has 0 amide bonds. The predicted molar refractivity (Wildman–Crippen MR) is 14.4 cm³/mol. The second-order valence-electron chi connectivity index (χ2n) is 0.500. The summed E-state index contributed by atoms with van der Waals surface area (Å²) < 4.78 is 0. The first kappa shape index (κ1) is 31.3. The number of hydrogen-bond acceptors (Lipinski definition) is 6. The summed E-state index contributed by atoms with van der Waals surface area (Å²) >= 11 is 0. The van der Waals surface area contributed by atoms with E-state index in [-0.39, 0.29) is 38.7 Å². The van der Waals surface area contributed by atoms with E-state index in [0.717, 1.165) is 0 Å². The van der Waals surface area contributed by atoms with Crippen LogP contribution in [-0.4, -0.2) is 17.8 Å². The van der Waals surface area contributed by atoms with Crippen molar-refractivity contribution in [3.63, 3.8) is 0 Å². The van der Waals surface area contributed by atoms with Crippen molar-refractivity contribution >= 4 is 12.3 Å². The SMILES string of the molecule is O.O=C([O-])[O-].O=C([O-])[O-].[Co+2].[Ni+2]. The topological polar surface area (TPSA) is 158 Å². The van der Waals surface area contributed by atoms with E-state index < -0.39 is 12.3 Å². The fourth-order valence-electron chi connectivity index (χ4n) is 0. The summed E-state index contributed by atoms with van der Waals surface area (Å²) in [5.74, 6) is 0. The first-order valence-electron chi connectivity index (χ1n) is 1.22.